The van der Waals surface area contributed by atoms with E-state index in [9.17, 15) is 4.79 Å². The molecule has 0 saturated carbocycles. The standard InChI is InChI=1S/C19H21ClN4O/c1-13-4-5-22-10-17(13)24-18(25)8-14-6-15(20)9-16(7-14)23-12-19(2,3)11-21/h4-7,9-10,23H,8,12H2,1-3H3,(H,24,25). The number of halogens is 1. The number of nitriles is 1. The van der Waals surface area contributed by atoms with Gasteiger partial charge in [-0.1, -0.05) is 11.6 Å². The minimum atomic E-state index is -0.488. The number of nitrogens with zero attached hydrogens (tertiary/aromatic N) is 2. The van der Waals surface area contributed by atoms with Gasteiger partial charge in [0.1, 0.15) is 0 Å². The minimum Gasteiger partial charge on any atom is -0.383 e. The molecule has 0 radical (unpaired) electrons. The Balaban J connectivity index is 2.05. The van der Waals surface area contributed by atoms with Gasteiger partial charge in [0, 0.05) is 23.5 Å². The quantitative estimate of drug-likeness (QED) is 0.813. The summed E-state index contributed by atoms with van der Waals surface area (Å²) in [5.41, 5.74) is 2.75. The molecule has 0 saturated heterocycles. The van der Waals surface area contributed by atoms with Crippen LogP contribution in [0.2, 0.25) is 5.02 Å². The van der Waals surface area contributed by atoms with Crippen molar-refractivity contribution in [2.45, 2.75) is 27.2 Å². The van der Waals surface area contributed by atoms with E-state index in [4.69, 9.17) is 16.9 Å². The van der Waals surface area contributed by atoms with E-state index in [1.54, 1.807) is 24.5 Å². The van der Waals surface area contributed by atoms with Gasteiger partial charge >= 0.3 is 0 Å². The molecule has 0 aliphatic rings. The van der Waals surface area contributed by atoms with Gasteiger partial charge in [-0.2, -0.15) is 5.26 Å². The average molecular weight is 357 g/mol. The van der Waals surface area contributed by atoms with Crippen LogP contribution in [0.25, 0.3) is 0 Å². The van der Waals surface area contributed by atoms with Crippen molar-refractivity contribution in [1.29, 1.82) is 5.26 Å². The fourth-order valence-electron chi connectivity index (χ4n) is 2.19. The zero-order valence-electron chi connectivity index (χ0n) is 14.6. The third kappa shape index (κ3) is 5.77. The van der Waals surface area contributed by atoms with Gasteiger partial charge in [0.25, 0.3) is 0 Å². The number of hydrogen-bond acceptors (Lipinski definition) is 4. The van der Waals surface area contributed by atoms with Crippen molar-refractivity contribution < 1.29 is 4.79 Å². The fraction of sp³-hybridized carbons (Fsp3) is 0.316. The fourth-order valence-corrected chi connectivity index (χ4v) is 2.45. The second kappa shape index (κ2) is 8.00. The van der Waals surface area contributed by atoms with Crippen LogP contribution in [-0.4, -0.2) is 17.4 Å². The summed E-state index contributed by atoms with van der Waals surface area (Å²) in [7, 11) is 0. The Morgan fingerprint density at radius 2 is 2.12 bits per heavy atom. The molecule has 0 atom stereocenters. The van der Waals surface area contributed by atoms with E-state index in [0.717, 1.165) is 16.8 Å². The summed E-state index contributed by atoms with van der Waals surface area (Å²) in [5, 5.41) is 15.7. The number of hydrogen-bond donors (Lipinski definition) is 2. The predicted octanol–water partition coefficient (Wildman–Crippen LogP) is 4.19. The highest BCUT2D eigenvalue weighted by Gasteiger charge is 2.16. The zero-order valence-corrected chi connectivity index (χ0v) is 15.3. The molecule has 1 heterocycles. The summed E-state index contributed by atoms with van der Waals surface area (Å²) in [6.07, 6.45) is 3.51. The third-order valence-corrected chi connectivity index (χ3v) is 3.89. The van der Waals surface area contributed by atoms with Crippen molar-refractivity contribution in [1.82, 2.24) is 4.98 Å². The van der Waals surface area contributed by atoms with Gasteiger partial charge in [-0.25, -0.2) is 0 Å². The first-order chi connectivity index (χ1) is 11.8. The molecule has 0 spiro atoms. The number of nitrogens with one attached hydrogen (secondary N) is 2. The van der Waals surface area contributed by atoms with Crippen LogP contribution in [0.4, 0.5) is 11.4 Å². The summed E-state index contributed by atoms with van der Waals surface area (Å²) in [6.45, 7) is 6.12. The Hall–Kier alpha value is -2.58. The lowest BCUT2D eigenvalue weighted by atomic mass is 9.96. The maximum absolute atomic E-state index is 12.3. The second-order valence-electron chi connectivity index (χ2n) is 6.61. The summed E-state index contributed by atoms with van der Waals surface area (Å²) in [6, 6.07) is 9.49. The molecular weight excluding hydrogens is 336 g/mol. The molecule has 0 bridgehead atoms. The van der Waals surface area contributed by atoms with Crippen LogP contribution in [0.1, 0.15) is 25.0 Å². The van der Waals surface area contributed by atoms with E-state index < -0.39 is 5.41 Å². The summed E-state index contributed by atoms with van der Waals surface area (Å²) in [5.74, 6) is -0.137. The lowest BCUT2D eigenvalue weighted by molar-refractivity contribution is -0.115. The normalized spacial score (nSPS) is 10.8. The number of anilines is 2. The lowest BCUT2D eigenvalue weighted by Gasteiger charge is -2.17. The van der Waals surface area contributed by atoms with E-state index in [1.165, 1.54) is 0 Å². The number of carbonyl (C=O) groups excluding carboxylic acids is 1. The molecule has 0 fully saturated rings. The van der Waals surface area contributed by atoms with Crippen LogP contribution in [0, 0.1) is 23.7 Å². The zero-order chi connectivity index (χ0) is 18.4. The molecule has 0 aliphatic heterocycles. The molecule has 1 aromatic carbocycles. The Bertz CT molecular complexity index is 811. The first-order valence-corrected chi connectivity index (χ1v) is 8.32. The molecule has 0 unspecified atom stereocenters. The first-order valence-electron chi connectivity index (χ1n) is 7.94. The van der Waals surface area contributed by atoms with Gasteiger partial charge in [0.2, 0.25) is 5.91 Å². The van der Waals surface area contributed by atoms with E-state index in [0.29, 0.717) is 17.3 Å². The molecule has 2 rings (SSSR count). The Morgan fingerprint density at radius 1 is 1.36 bits per heavy atom. The average Bonchev–Trinajstić information content (AvgIpc) is 2.55. The van der Waals surface area contributed by atoms with E-state index in [2.05, 4.69) is 21.7 Å². The molecular formula is C19H21ClN4O. The summed E-state index contributed by atoms with van der Waals surface area (Å²) in [4.78, 5) is 16.3. The summed E-state index contributed by atoms with van der Waals surface area (Å²) < 4.78 is 0. The molecule has 6 heteroatoms. The highest BCUT2D eigenvalue weighted by molar-refractivity contribution is 6.31. The molecule has 0 aliphatic carbocycles. The molecule has 2 aromatic rings. The van der Waals surface area contributed by atoms with Crippen molar-refractivity contribution in [3.05, 3.63) is 52.8 Å². The number of amides is 1. The van der Waals surface area contributed by atoms with Gasteiger partial charge in [-0.3, -0.25) is 9.78 Å². The van der Waals surface area contributed by atoms with Crippen LogP contribution in [0.3, 0.4) is 0 Å². The SMILES string of the molecule is Cc1ccncc1NC(=O)Cc1cc(Cl)cc(NCC(C)(C)C#N)c1. The van der Waals surface area contributed by atoms with Gasteiger partial charge in [0.15, 0.2) is 0 Å². The Kier molecular flexibility index (Phi) is 6.00. The highest BCUT2D eigenvalue weighted by atomic mass is 35.5. The third-order valence-electron chi connectivity index (χ3n) is 3.67. The predicted molar refractivity (Wildman–Crippen MR) is 101 cm³/mol. The maximum atomic E-state index is 12.3. The van der Waals surface area contributed by atoms with Crippen LogP contribution < -0.4 is 10.6 Å². The number of carbonyl (C=O) groups is 1. The van der Waals surface area contributed by atoms with E-state index >= 15 is 0 Å². The number of aryl methyl sites for hydroxylation is 1. The smallest absolute Gasteiger partial charge is 0.228 e. The summed E-state index contributed by atoms with van der Waals surface area (Å²) >= 11 is 6.16. The van der Waals surface area contributed by atoms with Gasteiger partial charge in [0.05, 0.1) is 29.8 Å². The largest absolute Gasteiger partial charge is 0.383 e. The molecule has 1 amide bonds. The molecule has 25 heavy (non-hydrogen) atoms. The number of rotatable bonds is 6. The second-order valence-corrected chi connectivity index (χ2v) is 7.05. The van der Waals surface area contributed by atoms with Crippen LogP contribution in [0.15, 0.2) is 36.7 Å². The molecule has 130 valence electrons. The van der Waals surface area contributed by atoms with Gasteiger partial charge in [-0.15, -0.1) is 0 Å². The Labute approximate surface area is 153 Å². The maximum Gasteiger partial charge on any atom is 0.228 e. The number of pyridine rings is 1. The van der Waals surface area contributed by atoms with Crippen LogP contribution >= 0.6 is 11.6 Å². The van der Waals surface area contributed by atoms with Crippen molar-refractivity contribution in [3.63, 3.8) is 0 Å². The molecule has 2 N–H and O–H groups in total. The van der Waals surface area contributed by atoms with Gasteiger partial charge in [-0.05, 0) is 56.2 Å². The Morgan fingerprint density at radius 3 is 2.80 bits per heavy atom. The van der Waals surface area contributed by atoms with E-state index in [1.807, 2.05) is 32.9 Å². The number of benzene rings is 1. The van der Waals surface area contributed by atoms with E-state index in [-0.39, 0.29) is 12.3 Å². The van der Waals surface area contributed by atoms with Crippen molar-refractivity contribution >= 4 is 28.9 Å². The first kappa shape index (κ1) is 18.8. The monoisotopic (exact) mass is 356 g/mol. The van der Waals surface area contributed by atoms with Crippen molar-refractivity contribution in [2.75, 3.05) is 17.2 Å². The number of aromatic nitrogens is 1. The molecule has 1 aromatic heterocycles. The minimum absolute atomic E-state index is 0.137. The van der Waals surface area contributed by atoms with Crippen LogP contribution in [0.5, 0.6) is 0 Å². The van der Waals surface area contributed by atoms with Crippen molar-refractivity contribution in [3.8, 4) is 6.07 Å². The lowest BCUT2D eigenvalue weighted by Crippen LogP contribution is -2.21. The highest BCUT2D eigenvalue weighted by Crippen LogP contribution is 2.22. The van der Waals surface area contributed by atoms with Gasteiger partial charge < -0.3 is 10.6 Å². The topological polar surface area (TPSA) is 77.8 Å². The molecule has 5 nitrogen and oxygen atoms in total. The van der Waals surface area contributed by atoms with Crippen LogP contribution in [-0.2, 0) is 11.2 Å². The van der Waals surface area contributed by atoms with Crippen molar-refractivity contribution in [2.24, 2.45) is 5.41 Å².